The van der Waals surface area contributed by atoms with E-state index in [4.69, 9.17) is 5.73 Å². The molecular weight excluding hydrogens is 428 g/mol. The van der Waals surface area contributed by atoms with Crippen LogP contribution in [-0.2, 0) is 19.9 Å². The fourth-order valence-electron chi connectivity index (χ4n) is 3.17. The molecule has 10 nitrogen and oxygen atoms in total. The van der Waals surface area contributed by atoms with Crippen molar-refractivity contribution in [2.75, 3.05) is 49.2 Å². The summed E-state index contributed by atoms with van der Waals surface area (Å²) in [5.41, 5.74) is 6.27. The van der Waals surface area contributed by atoms with Crippen LogP contribution in [0.3, 0.4) is 0 Å². The molecule has 1 aromatic heterocycles. The topological polar surface area (TPSA) is 147 Å². The standard InChI is InChI=1S/C18H26N6O4S2/c1-29(25,26)11-9-20-12-14-7-10-24(13-14)30(27,28)16-4-2-15(3-5-16)22-18-21-8-6-17(19)23-18/h2-6,8,14,20H,7,9-13H2,1H3,(H3,19,21,22,23). The van der Waals surface area contributed by atoms with E-state index in [1.165, 1.54) is 16.8 Å². The number of nitrogens with zero attached hydrogens (tertiary/aromatic N) is 3. The summed E-state index contributed by atoms with van der Waals surface area (Å²) in [5, 5.41) is 6.08. The minimum absolute atomic E-state index is 0.0722. The summed E-state index contributed by atoms with van der Waals surface area (Å²) in [4.78, 5) is 8.31. The molecule has 1 aromatic carbocycles. The Hall–Kier alpha value is -2.28. The average molecular weight is 455 g/mol. The van der Waals surface area contributed by atoms with Crippen LogP contribution in [0.25, 0.3) is 0 Å². The molecule has 1 atom stereocenters. The van der Waals surface area contributed by atoms with Gasteiger partial charge >= 0.3 is 0 Å². The Morgan fingerprint density at radius 1 is 1.17 bits per heavy atom. The highest BCUT2D eigenvalue weighted by Gasteiger charge is 2.32. The lowest BCUT2D eigenvalue weighted by molar-refractivity contribution is 0.447. The molecule has 0 spiro atoms. The zero-order chi connectivity index (χ0) is 21.8. The smallest absolute Gasteiger partial charge is 0.243 e. The van der Waals surface area contributed by atoms with Crippen LogP contribution in [0.15, 0.2) is 41.4 Å². The van der Waals surface area contributed by atoms with Crippen molar-refractivity contribution in [1.82, 2.24) is 19.6 Å². The molecule has 12 heteroatoms. The Kier molecular flexibility index (Phi) is 6.91. The summed E-state index contributed by atoms with van der Waals surface area (Å²) >= 11 is 0. The van der Waals surface area contributed by atoms with Crippen LogP contribution in [-0.4, -0.2) is 69.3 Å². The zero-order valence-corrected chi connectivity index (χ0v) is 18.3. The maximum atomic E-state index is 12.9. The van der Waals surface area contributed by atoms with Crippen LogP contribution < -0.4 is 16.4 Å². The van der Waals surface area contributed by atoms with Crippen LogP contribution in [0.2, 0.25) is 0 Å². The number of sulfone groups is 1. The number of nitrogen functional groups attached to an aromatic ring is 1. The van der Waals surface area contributed by atoms with Crippen LogP contribution >= 0.6 is 0 Å². The van der Waals surface area contributed by atoms with E-state index in [9.17, 15) is 16.8 Å². The summed E-state index contributed by atoms with van der Waals surface area (Å²) in [6.45, 7) is 1.81. The van der Waals surface area contributed by atoms with Gasteiger partial charge in [-0.15, -0.1) is 0 Å². The molecule has 2 heterocycles. The number of anilines is 3. The monoisotopic (exact) mass is 454 g/mol. The molecular formula is C18H26N6O4S2. The summed E-state index contributed by atoms with van der Waals surface area (Å²) in [6.07, 6.45) is 3.46. The molecule has 1 saturated heterocycles. The highest BCUT2D eigenvalue weighted by molar-refractivity contribution is 7.90. The number of benzene rings is 1. The van der Waals surface area contributed by atoms with Gasteiger partial charge in [-0.2, -0.15) is 9.29 Å². The number of nitrogens with one attached hydrogen (secondary N) is 2. The molecule has 0 bridgehead atoms. The van der Waals surface area contributed by atoms with Crippen LogP contribution in [0, 0.1) is 5.92 Å². The van der Waals surface area contributed by atoms with E-state index in [-0.39, 0.29) is 16.6 Å². The van der Waals surface area contributed by atoms with Gasteiger partial charge in [0.05, 0.1) is 10.6 Å². The maximum absolute atomic E-state index is 12.9. The number of hydrogen-bond acceptors (Lipinski definition) is 9. The Balaban J connectivity index is 1.56. The summed E-state index contributed by atoms with van der Waals surface area (Å²) < 4.78 is 49.6. The molecule has 4 N–H and O–H groups in total. The molecule has 164 valence electrons. The summed E-state index contributed by atoms with van der Waals surface area (Å²) in [6, 6.07) is 7.97. The predicted molar refractivity (Wildman–Crippen MR) is 116 cm³/mol. The Bertz CT molecular complexity index is 1070. The highest BCUT2D eigenvalue weighted by atomic mass is 32.2. The first-order valence-corrected chi connectivity index (χ1v) is 13.0. The molecule has 1 fully saturated rings. The van der Waals surface area contributed by atoms with Gasteiger partial charge in [0.2, 0.25) is 16.0 Å². The first-order valence-electron chi connectivity index (χ1n) is 9.48. The van der Waals surface area contributed by atoms with E-state index < -0.39 is 19.9 Å². The van der Waals surface area contributed by atoms with Gasteiger partial charge in [0, 0.05) is 37.8 Å². The third kappa shape index (κ3) is 6.11. The van der Waals surface area contributed by atoms with Crippen molar-refractivity contribution in [3.63, 3.8) is 0 Å². The fourth-order valence-corrected chi connectivity index (χ4v) is 5.21. The predicted octanol–water partition coefficient (Wildman–Crippen LogP) is 0.447. The minimum Gasteiger partial charge on any atom is -0.384 e. The third-order valence-electron chi connectivity index (χ3n) is 4.76. The van der Waals surface area contributed by atoms with Gasteiger partial charge in [0.25, 0.3) is 0 Å². The van der Waals surface area contributed by atoms with E-state index in [1.807, 2.05) is 0 Å². The number of aromatic nitrogens is 2. The molecule has 1 unspecified atom stereocenters. The van der Waals surface area contributed by atoms with E-state index in [0.717, 1.165) is 6.42 Å². The summed E-state index contributed by atoms with van der Waals surface area (Å²) in [7, 11) is -6.59. The fraction of sp³-hybridized carbons (Fsp3) is 0.444. The lowest BCUT2D eigenvalue weighted by Gasteiger charge is -2.17. The van der Waals surface area contributed by atoms with Gasteiger partial charge in [-0.1, -0.05) is 0 Å². The van der Waals surface area contributed by atoms with Crippen molar-refractivity contribution < 1.29 is 16.8 Å². The maximum Gasteiger partial charge on any atom is 0.243 e. The molecule has 0 amide bonds. The number of nitrogens with two attached hydrogens (primary N) is 1. The first-order chi connectivity index (χ1) is 14.1. The van der Waals surface area contributed by atoms with Gasteiger partial charge in [-0.05, 0) is 49.2 Å². The first kappa shape index (κ1) is 22.4. The number of hydrogen-bond donors (Lipinski definition) is 3. The largest absolute Gasteiger partial charge is 0.384 e. The quantitative estimate of drug-likeness (QED) is 0.459. The third-order valence-corrected chi connectivity index (χ3v) is 7.58. The second-order valence-electron chi connectivity index (χ2n) is 7.31. The van der Waals surface area contributed by atoms with Gasteiger partial charge in [-0.3, -0.25) is 0 Å². The lowest BCUT2D eigenvalue weighted by Crippen LogP contribution is -2.32. The molecule has 30 heavy (non-hydrogen) atoms. The van der Waals surface area contributed by atoms with Crippen LogP contribution in [0.1, 0.15) is 6.42 Å². The summed E-state index contributed by atoms with van der Waals surface area (Å²) in [5.74, 6) is 0.890. The van der Waals surface area contributed by atoms with Crippen molar-refractivity contribution in [3.05, 3.63) is 36.5 Å². The molecule has 0 saturated carbocycles. The molecule has 3 rings (SSSR count). The molecule has 2 aromatic rings. The van der Waals surface area contributed by atoms with E-state index >= 15 is 0 Å². The van der Waals surface area contributed by atoms with Crippen LogP contribution in [0.4, 0.5) is 17.5 Å². The Morgan fingerprint density at radius 3 is 2.57 bits per heavy atom. The minimum atomic E-state index is -3.59. The second kappa shape index (κ2) is 9.25. The molecule has 1 aliphatic rings. The van der Waals surface area contributed by atoms with E-state index in [2.05, 4.69) is 20.6 Å². The second-order valence-corrected chi connectivity index (χ2v) is 11.5. The van der Waals surface area contributed by atoms with Crippen molar-refractivity contribution in [2.24, 2.45) is 5.92 Å². The van der Waals surface area contributed by atoms with Gasteiger partial charge < -0.3 is 16.4 Å². The molecule has 0 radical (unpaired) electrons. The Labute approximate surface area is 176 Å². The van der Waals surface area contributed by atoms with Gasteiger partial charge in [0.1, 0.15) is 15.7 Å². The average Bonchev–Trinajstić information content (AvgIpc) is 3.15. The van der Waals surface area contributed by atoms with Crippen molar-refractivity contribution in [1.29, 1.82) is 0 Å². The van der Waals surface area contributed by atoms with Crippen LogP contribution in [0.5, 0.6) is 0 Å². The highest BCUT2D eigenvalue weighted by Crippen LogP contribution is 2.25. The SMILES string of the molecule is CS(=O)(=O)CCNCC1CCN(S(=O)(=O)c2ccc(Nc3nccc(N)n3)cc2)C1. The lowest BCUT2D eigenvalue weighted by atomic mass is 10.1. The van der Waals surface area contributed by atoms with Crippen molar-refractivity contribution in [3.8, 4) is 0 Å². The number of rotatable bonds is 9. The van der Waals surface area contributed by atoms with E-state index in [1.54, 1.807) is 30.3 Å². The zero-order valence-electron chi connectivity index (χ0n) is 16.7. The van der Waals surface area contributed by atoms with E-state index in [0.29, 0.717) is 43.6 Å². The van der Waals surface area contributed by atoms with Gasteiger partial charge in [0.15, 0.2) is 0 Å². The Morgan fingerprint density at radius 2 is 1.90 bits per heavy atom. The molecule has 0 aliphatic carbocycles. The van der Waals surface area contributed by atoms with Gasteiger partial charge in [-0.25, -0.2) is 21.8 Å². The normalized spacial score (nSPS) is 17.8. The number of sulfonamides is 1. The molecule has 1 aliphatic heterocycles. The van der Waals surface area contributed by atoms with Crippen molar-refractivity contribution in [2.45, 2.75) is 11.3 Å². The van der Waals surface area contributed by atoms with Crippen molar-refractivity contribution >= 4 is 37.3 Å².